The topological polar surface area (TPSA) is 12.0 Å². The monoisotopic (exact) mass is 305 g/mol. The summed E-state index contributed by atoms with van der Waals surface area (Å²) in [5, 5.41) is 3.79. The predicted octanol–water partition coefficient (Wildman–Crippen LogP) is 4.41. The van der Waals surface area contributed by atoms with Crippen LogP contribution in [0.15, 0.2) is 42.5 Å². The van der Waals surface area contributed by atoms with Gasteiger partial charge >= 0.3 is 0 Å². The molecule has 0 amide bonds. The van der Waals surface area contributed by atoms with E-state index in [0.717, 1.165) is 13.0 Å². The molecule has 0 radical (unpaired) electrons. The lowest BCUT2D eigenvalue weighted by atomic mass is 9.90. The van der Waals surface area contributed by atoms with E-state index in [9.17, 15) is 4.39 Å². The summed E-state index contributed by atoms with van der Waals surface area (Å²) in [6.45, 7) is 2.96. The van der Waals surface area contributed by atoms with Gasteiger partial charge in [-0.05, 0) is 74.2 Å². The molecule has 21 heavy (non-hydrogen) atoms. The number of hydrogen-bond donors (Lipinski definition) is 1. The van der Waals surface area contributed by atoms with Crippen molar-refractivity contribution < 1.29 is 4.39 Å². The van der Waals surface area contributed by atoms with E-state index in [-0.39, 0.29) is 5.82 Å². The van der Waals surface area contributed by atoms with E-state index in [1.165, 1.54) is 17.2 Å². The van der Waals surface area contributed by atoms with Crippen molar-refractivity contribution in [2.45, 2.75) is 19.8 Å². The van der Waals surface area contributed by atoms with Crippen molar-refractivity contribution in [2.24, 2.45) is 5.92 Å². The zero-order valence-corrected chi connectivity index (χ0v) is 13.3. The molecule has 0 aliphatic rings. The van der Waals surface area contributed by atoms with E-state index in [1.54, 1.807) is 12.1 Å². The van der Waals surface area contributed by atoms with Crippen molar-refractivity contribution in [3.63, 3.8) is 0 Å². The van der Waals surface area contributed by atoms with Gasteiger partial charge in [0.2, 0.25) is 0 Å². The van der Waals surface area contributed by atoms with Gasteiger partial charge < -0.3 is 5.32 Å². The van der Waals surface area contributed by atoms with Gasteiger partial charge in [0.15, 0.2) is 0 Å². The van der Waals surface area contributed by atoms with Gasteiger partial charge in [0.1, 0.15) is 5.82 Å². The van der Waals surface area contributed by atoms with Gasteiger partial charge in [-0.3, -0.25) is 0 Å². The molecule has 3 heteroatoms. The summed E-state index contributed by atoms with van der Waals surface area (Å²) in [5.74, 6) is 0.161. The molecule has 0 aromatic heterocycles. The van der Waals surface area contributed by atoms with Crippen LogP contribution in [0.3, 0.4) is 0 Å². The maximum absolute atomic E-state index is 13.9. The summed E-state index contributed by atoms with van der Waals surface area (Å²) in [6, 6.07) is 13.1. The fraction of sp³-hybridized carbons (Fsp3) is 0.333. The molecule has 112 valence electrons. The first kappa shape index (κ1) is 16.0. The zero-order valence-electron chi connectivity index (χ0n) is 12.5. The molecule has 1 nitrogen and oxygen atoms in total. The van der Waals surface area contributed by atoms with E-state index in [0.29, 0.717) is 22.9 Å². The SMILES string of the molecule is CNCC(Cc1ccccc1C)Cc1cc(Cl)ccc1F. The molecule has 0 saturated carbocycles. The van der Waals surface area contributed by atoms with Crippen LogP contribution >= 0.6 is 11.6 Å². The maximum atomic E-state index is 13.9. The fourth-order valence-electron chi connectivity index (χ4n) is 2.67. The summed E-state index contributed by atoms with van der Waals surface area (Å²) in [7, 11) is 1.93. The minimum Gasteiger partial charge on any atom is -0.319 e. The number of aryl methyl sites for hydroxylation is 1. The van der Waals surface area contributed by atoms with Crippen molar-refractivity contribution in [2.75, 3.05) is 13.6 Å². The summed E-state index contributed by atoms with van der Waals surface area (Å²) < 4.78 is 13.9. The molecule has 0 bridgehead atoms. The van der Waals surface area contributed by atoms with Crippen LogP contribution < -0.4 is 5.32 Å². The van der Waals surface area contributed by atoms with Crippen LogP contribution in [0.1, 0.15) is 16.7 Å². The summed E-state index contributed by atoms with van der Waals surface area (Å²) >= 11 is 5.98. The van der Waals surface area contributed by atoms with E-state index in [2.05, 4.69) is 30.4 Å². The third kappa shape index (κ3) is 4.55. The quantitative estimate of drug-likeness (QED) is 0.833. The van der Waals surface area contributed by atoms with Crippen molar-refractivity contribution >= 4 is 11.6 Å². The Morgan fingerprint density at radius 3 is 2.52 bits per heavy atom. The molecule has 2 aromatic rings. The molecule has 1 N–H and O–H groups in total. The van der Waals surface area contributed by atoms with Crippen molar-refractivity contribution in [3.8, 4) is 0 Å². The average molecular weight is 306 g/mol. The Morgan fingerprint density at radius 1 is 1.10 bits per heavy atom. The summed E-state index contributed by atoms with van der Waals surface area (Å²) in [6.07, 6.45) is 1.61. The van der Waals surface area contributed by atoms with Crippen LogP contribution in [0.25, 0.3) is 0 Å². The van der Waals surface area contributed by atoms with Crippen molar-refractivity contribution in [3.05, 3.63) is 70.0 Å². The molecule has 0 aliphatic carbocycles. The Balaban J connectivity index is 2.16. The van der Waals surface area contributed by atoms with E-state index < -0.39 is 0 Å². The molecule has 2 rings (SSSR count). The Kier molecular flexibility index (Phi) is 5.77. The summed E-state index contributed by atoms with van der Waals surface area (Å²) in [4.78, 5) is 0. The van der Waals surface area contributed by atoms with Gasteiger partial charge in [0, 0.05) is 5.02 Å². The number of benzene rings is 2. The Morgan fingerprint density at radius 2 is 1.81 bits per heavy atom. The number of nitrogens with one attached hydrogen (secondary N) is 1. The third-order valence-corrected chi connectivity index (χ3v) is 4.01. The first-order valence-corrected chi connectivity index (χ1v) is 7.61. The minimum absolute atomic E-state index is 0.176. The van der Waals surface area contributed by atoms with Crippen molar-refractivity contribution in [1.82, 2.24) is 5.32 Å². The van der Waals surface area contributed by atoms with Crippen LogP contribution in [0, 0.1) is 18.7 Å². The Hall–Kier alpha value is -1.38. The van der Waals surface area contributed by atoms with Gasteiger partial charge in [-0.25, -0.2) is 4.39 Å². The number of hydrogen-bond acceptors (Lipinski definition) is 1. The lowest BCUT2D eigenvalue weighted by Gasteiger charge is -2.18. The second-order valence-corrected chi connectivity index (χ2v) is 5.93. The first-order chi connectivity index (χ1) is 10.1. The van der Waals surface area contributed by atoms with Crippen molar-refractivity contribution in [1.29, 1.82) is 0 Å². The van der Waals surface area contributed by atoms with Crippen LogP contribution in [0.5, 0.6) is 0 Å². The average Bonchev–Trinajstić information content (AvgIpc) is 2.45. The van der Waals surface area contributed by atoms with Crippen LogP contribution in [0.2, 0.25) is 5.02 Å². The molecule has 1 atom stereocenters. The molecule has 0 fully saturated rings. The smallest absolute Gasteiger partial charge is 0.126 e. The largest absolute Gasteiger partial charge is 0.319 e. The van der Waals surface area contributed by atoms with E-state index in [1.807, 2.05) is 13.1 Å². The Bertz CT molecular complexity index is 598. The number of halogens is 2. The number of rotatable bonds is 6. The highest BCUT2D eigenvalue weighted by Gasteiger charge is 2.14. The molecule has 1 unspecified atom stereocenters. The third-order valence-electron chi connectivity index (χ3n) is 3.78. The maximum Gasteiger partial charge on any atom is 0.126 e. The minimum atomic E-state index is -0.176. The van der Waals surface area contributed by atoms with Gasteiger partial charge in [0.25, 0.3) is 0 Å². The van der Waals surface area contributed by atoms with Gasteiger partial charge in [0.05, 0.1) is 0 Å². The standard InChI is InChI=1S/C18H21ClFN/c1-13-5-3-4-6-15(13)9-14(12-21-2)10-16-11-17(19)7-8-18(16)20/h3-8,11,14,21H,9-10,12H2,1-2H3. The Labute approximate surface area is 131 Å². The normalized spacial score (nSPS) is 12.4. The van der Waals surface area contributed by atoms with E-state index in [4.69, 9.17) is 11.6 Å². The van der Waals surface area contributed by atoms with Gasteiger partial charge in [-0.1, -0.05) is 35.9 Å². The van der Waals surface area contributed by atoms with E-state index >= 15 is 0 Å². The molecular formula is C18H21ClFN. The van der Waals surface area contributed by atoms with Crippen LogP contribution in [-0.4, -0.2) is 13.6 Å². The highest BCUT2D eigenvalue weighted by atomic mass is 35.5. The first-order valence-electron chi connectivity index (χ1n) is 7.23. The molecular weight excluding hydrogens is 285 g/mol. The lowest BCUT2D eigenvalue weighted by Crippen LogP contribution is -2.23. The molecule has 0 spiro atoms. The lowest BCUT2D eigenvalue weighted by molar-refractivity contribution is 0.479. The second kappa shape index (κ2) is 7.58. The fourth-order valence-corrected chi connectivity index (χ4v) is 2.86. The molecule has 0 aliphatic heterocycles. The highest BCUT2D eigenvalue weighted by Crippen LogP contribution is 2.21. The van der Waals surface area contributed by atoms with Gasteiger partial charge in [-0.15, -0.1) is 0 Å². The van der Waals surface area contributed by atoms with Crippen LogP contribution in [0.4, 0.5) is 4.39 Å². The molecule has 0 saturated heterocycles. The summed E-state index contributed by atoms with van der Waals surface area (Å²) in [5.41, 5.74) is 3.29. The highest BCUT2D eigenvalue weighted by molar-refractivity contribution is 6.30. The van der Waals surface area contributed by atoms with Gasteiger partial charge in [-0.2, -0.15) is 0 Å². The zero-order chi connectivity index (χ0) is 15.2. The molecule has 2 aromatic carbocycles. The van der Waals surface area contributed by atoms with Crippen LogP contribution in [-0.2, 0) is 12.8 Å². The second-order valence-electron chi connectivity index (χ2n) is 5.49. The predicted molar refractivity (Wildman–Crippen MR) is 87.4 cm³/mol. The molecule has 0 heterocycles.